The maximum atomic E-state index is 12.3. The second kappa shape index (κ2) is 6.89. The summed E-state index contributed by atoms with van der Waals surface area (Å²) in [5, 5.41) is 2.87. The Morgan fingerprint density at radius 2 is 1.73 bits per heavy atom. The van der Waals surface area contributed by atoms with E-state index in [9.17, 15) is 9.59 Å². The zero-order valence-electron chi connectivity index (χ0n) is 13.1. The fraction of sp³-hybridized carbons (Fsp3) is 0.222. The largest absolute Gasteiger partial charge is 0.324 e. The predicted molar refractivity (Wildman–Crippen MR) is 89.0 cm³/mol. The van der Waals surface area contributed by atoms with Crippen LogP contribution < -0.4 is 10.2 Å². The van der Waals surface area contributed by atoms with E-state index in [4.69, 9.17) is 0 Å². The highest BCUT2D eigenvalue weighted by atomic mass is 16.2. The summed E-state index contributed by atoms with van der Waals surface area (Å²) in [5.74, 6) is -0.380. The number of hydrogen-bond acceptors (Lipinski definition) is 2. The van der Waals surface area contributed by atoms with Crippen molar-refractivity contribution in [3.05, 3.63) is 59.7 Å². The summed E-state index contributed by atoms with van der Waals surface area (Å²) in [6.45, 7) is 5.36. The van der Waals surface area contributed by atoms with Gasteiger partial charge < -0.3 is 10.2 Å². The zero-order valence-corrected chi connectivity index (χ0v) is 13.1. The van der Waals surface area contributed by atoms with E-state index in [0.717, 1.165) is 16.8 Å². The molecule has 4 heteroatoms. The van der Waals surface area contributed by atoms with Gasteiger partial charge in [0.1, 0.15) is 6.54 Å². The van der Waals surface area contributed by atoms with Gasteiger partial charge in [0, 0.05) is 18.3 Å². The van der Waals surface area contributed by atoms with Crippen LogP contribution in [0.2, 0.25) is 0 Å². The molecular formula is C18H20N2O2. The van der Waals surface area contributed by atoms with Gasteiger partial charge in [-0.05, 0) is 43.2 Å². The first-order valence-corrected chi connectivity index (χ1v) is 7.17. The van der Waals surface area contributed by atoms with Crippen LogP contribution in [-0.2, 0) is 9.59 Å². The van der Waals surface area contributed by atoms with Crippen LogP contribution in [0.25, 0.3) is 0 Å². The summed E-state index contributed by atoms with van der Waals surface area (Å²) in [4.78, 5) is 25.5. The third kappa shape index (κ3) is 3.95. The summed E-state index contributed by atoms with van der Waals surface area (Å²) >= 11 is 0. The van der Waals surface area contributed by atoms with E-state index in [1.807, 2.05) is 62.4 Å². The first-order valence-electron chi connectivity index (χ1n) is 7.17. The molecule has 0 atom stereocenters. The fourth-order valence-electron chi connectivity index (χ4n) is 2.20. The molecule has 1 N–H and O–H groups in total. The Balaban J connectivity index is 2.12. The maximum absolute atomic E-state index is 12.3. The second-order valence-electron chi connectivity index (χ2n) is 5.31. The number of benzene rings is 2. The Bertz CT molecular complexity index is 681. The van der Waals surface area contributed by atoms with Gasteiger partial charge in [-0.1, -0.05) is 30.3 Å². The number of rotatable bonds is 4. The molecular weight excluding hydrogens is 276 g/mol. The van der Waals surface area contributed by atoms with Crippen molar-refractivity contribution in [1.29, 1.82) is 0 Å². The van der Waals surface area contributed by atoms with Gasteiger partial charge in [-0.15, -0.1) is 0 Å². The highest BCUT2D eigenvalue weighted by Gasteiger charge is 2.16. The van der Waals surface area contributed by atoms with Crippen molar-refractivity contribution in [2.75, 3.05) is 16.8 Å². The van der Waals surface area contributed by atoms with E-state index in [1.165, 1.54) is 11.8 Å². The Labute approximate surface area is 130 Å². The third-order valence-corrected chi connectivity index (χ3v) is 3.42. The van der Waals surface area contributed by atoms with Gasteiger partial charge in [-0.3, -0.25) is 9.59 Å². The summed E-state index contributed by atoms with van der Waals surface area (Å²) in [5.41, 5.74) is 3.56. The molecule has 4 nitrogen and oxygen atoms in total. The van der Waals surface area contributed by atoms with Crippen molar-refractivity contribution in [2.45, 2.75) is 20.8 Å². The van der Waals surface area contributed by atoms with E-state index in [1.54, 1.807) is 0 Å². The summed E-state index contributed by atoms with van der Waals surface area (Å²) < 4.78 is 0. The average molecular weight is 296 g/mol. The number of aryl methyl sites for hydroxylation is 2. The summed E-state index contributed by atoms with van der Waals surface area (Å²) in [7, 11) is 0. The number of nitrogens with one attached hydrogen (secondary N) is 1. The van der Waals surface area contributed by atoms with Gasteiger partial charge in [0.25, 0.3) is 0 Å². The van der Waals surface area contributed by atoms with E-state index >= 15 is 0 Å². The number of nitrogens with zero attached hydrogens (tertiary/aromatic N) is 1. The van der Waals surface area contributed by atoms with Crippen LogP contribution in [-0.4, -0.2) is 18.4 Å². The monoisotopic (exact) mass is 296 g/mol. The molecule has 0 unspecified atom stereocenters. The van der Waals surface area contributed by atoms with Crippen LogP contribution in [0.3, 0.4) is 0 Å². The number of carbonyl (C=O) groups is 2. The van der Waals surface area contributed by atoms with E-state index in [-0.39, 0.29) is 18.4 Å². The van der Waals surface area contributed by atoms with E-state index < -0.39 is 0 Å². The lowest BCUT2D eigenvalue weighted by Crippen LogP contribution is -2.36. The predicted octanol–water partition coefficient (Wildman–Crippen LogP) is 3.30. The molecule has 0 heterocycles. The molecule has 22 heavy (non-hydrogen) atoms. The topological polar surface area (TPSA) is 49.4 Å². The Hall–Kier alpha value is -2.62. The first kappa shape index (κ1) is 15.8. The standard InChI is InChI=1S/C18H20N2O2/c1-13-9-10-14(2)17(11-13)19-18(22)12-20(15(3)21)16-7-5-4-6-8-16/h4-11H,12H2,1-3H3,(H,19,22). The van der Waals surface area contributed by atoms with Gasteiger partial charge in [-0.25, -0.2) is 0 Å². The molecule has 2 aromatic carbocycles. The molecule has 114 valence electrons. The van der Waals surface area contributed by atoms with Crippen LogP contribution in [0, 0.1) is 13.8 Å². The van der Waals surface area contributed by atoms with Crippen molar-refractivity contribution in [3.8, 4) is 0 Å². The Morgan fingerprint density at radius 1 is 1.05 bits per heavy atom. The van der Waals surface area contributed by atoms with Gasteiger partial charge >= 0.3 is 0 Å². The highest BCUT2D eigenvalue weighted by Crippen LogP contribution is 2.17. The minimum atomic E-state index is -0.215. The molecule has 0 aliphatic heterocycles. The van der Waals surface area contributed by atoms with Gasteiger partial charge in [0.2, 0.25) is 11.8 Å². The molecule has 0 fully saturated rings. The van der Waals surface area contributed by atoms with Crippen LogP contribution in [0.5, 0.6) is 0 Å². The van der Waals surface area contributed by atoms with Crippen molar-refractivity contribution in [3.63, 3.8) is 0 Å². The van der Waals surface area contributed by atoms with Crippen LogP contribution in [0.15, 0.2) is 48.5 Å². The average Bonchev–Trinajstić information content (AvgIpc) is 2.49. The van der Waals surface area contributed by atoms with Gasteiger partial charge in [0.05, 0.1) is 0 Å². The molecule has 0 spiro atoms. The zero-order chi connectivity index (χ0) is 16.1. The summed E-state index contributed by atoms with van der Waals surface area (Å²) in [6.07, 6.45) is 0. The molecule has 0 radical (unpaired) electrons. The molecule has 0 bridgehead atoms. The Morgan fingerprint density at radius 3 is 2.36 bits per heavy atom. The lowest BCUT2D eigenvalue weighted by atomic mass is 10.1. The maximum Gasteiger partial charge on any atom is 0.244 e. The highest BCUT2D eigenvalue weighted by molar-refractivity contribution is 6.02. The normalized spacial score (nSPS) is 10.1. The van der Waals surface area contributed by atoms with Gasteiger partial charge in [-0.2, -0.15) is 0 Å². The van der Waals surface area contributed by atoms with Crippen molar-refractivity contribution in [1.82, 2.24) is 0 Å². The molecule has 0 aliphatic rings. The van der Waals surface area contributed by atoms with Gasteiger partial charge in [0.15, 0.2) is 0 Å². The molecule has 0 aromatic heterocycles. The molecule has 2 rings (SSSR count). The lowest BCUT2D eigenvalue weighted by Gasteiger charge is -2.21. The second-order valence-corrected chi connectivity index (χ2v) is 5.31. The smallest absolute Gasteiger partial charge is 0.244 e. The third-order valence-electron chi connectivity index (χ3n) is 3.42. The molecule has 0 saturated carbocycles. The molecule has 2 aromatic rings. The van der Waals surface area contributed by atoms with Crippen LogP contribution in [0.1, 0.15) is 18.1 Å². The lowest BCUT2D eigenvalue weighted by molar-refractivity contribution is -0.120. The van der Waals surface area contributed by atoms with Crippen LogP contribution in [0.4, 0.5) is 11.4 Å². The number of para-hydroxylation sites is 1. The van der Waals surface area contributed by atoms with E-state index in [0.29, 0.717) is 5.69 Å². The minimum Gasteiger partial charge on any atom is -0.324 e. The van der Waals surface area contributed by atoms with Crippen molar-refractivity contribution >= 4 is 23.2 Å². The van der Waals surface area contributed by atoms with Crippen molar-refractivity contribution in [2.24, 2.45) is 0 Å². The first-order chi connectivity index (χ1) is 10.5. The molecule has 0 aliphatic carbocycles. The molecule has 0 saturated heterocycles. The number of amides is 2. The summed E-state index contributed by atoms with van der Waals surface area (Å²) in [6, 6.07) is 15.1. The number of hydrogen-bond donors (Lipinski definition) is 1. The number of carbonyl (C=O) groups excluding carboxylic acids is 2. The quantitative estimate of drug-likeness (QED) is 0.941. The molecule has 2 amide bonds. The fourth-order valence-corrected chi connectivity index (χ4v) is 2.20. The van der Waals surface area contributed by atoms with E-state index in [2.05, 4.69) is 5.32 Å². The Kier molecular flexibility index (Phi) is 4.94. The minimum absolute atomic E-state index is 0.00721. The SMILES string of the molecule is CC(=O)N(CC(=O)Nc1cc(C)ccc1C)c1ccccc1. The van der Waals surface area contributed by atoms with Crippen LogP contribution >= 0.6 is 0 Å². The number of anilines is 2. The van der Waals surface area contributed by atoms with Crippen molar-refractivity contribution < 1.29 is 9.59 Å².